The molecule has 0 spiro atoms. The quantitative estimate of drug-likeness (QED) is 0.904. The highest BCUT2D eigenvalue weighted by atomic mass is 35.5. The first-order chi connectivity index (χ1) is 11.1. The Hall–Kier alpha value is -2.00. The molecule has 0 unspecified atom stereocenters. The van der Waals surface area contributed by atoms with E-state index in [0.29, 0.717) is 5.02 Å². The average molecular weight is 329 g/mol. The molecule has 0 radical (unpaired) electrons. The minimum Gasteiger partial charge on any atom is -0.360 e. The molecule has 0 aliphatic carbocycles. The van der Waals surface area contributed by atoms with Crippen LogP contribution in [-0.2, 0) is 11.2 Å². The SMILES string of the molecule is Cc1c(Cl)cccc1NC(=O)[C@H](C)N1CCCc2ccccc21. The first kappa shape index (κ1) is 15.9. The second kappa shape index (κ2) is 6.63. The van der Waals surface area contributed by atoms with E-state index in [1.165, 1.54) is 11.3 Å². The van der Waals surface area contributed by atoms with Gasteiger partial charge in [-0.2, -0.15) is 0 Å². The molecular weight excluding hydrogens is 308 g/mol. The van der Waals surface area contributed by atoms with Crippen LogP contribution in [0.25, 0.3) is 0 Å². The molecule has 2 aromatic carbocycles. The minimum atomic E-state index is -0.227. The van der Waals surface area contributed by atoms with Crippen LogP contribution in [-0.4, -0.2) is 18.5 Å². The van der Waals surface area contributed by atoms with Gasteiger partial charge in [0.25, 0.3) is 0 Å². The van der Waals surface area contributed by atoms with E-state index in [1.807, 2.05) is 38.1 Å². The fourth-order valence-corrected chi connectivity index (χ4v) is 3.26. The molecule has 23 heavy (non-hydrogen) atoms. The third-order valence-electron chi connectivity index (χ3n) is 4.52. The number of nitrogens with zero attached hydrogens (tertiary/aromatic N) is 1. The predicted octanol–water partition coefficient (Wildman–Crippen LogP) is 4.43. The summed E-state index contributed by atoms with van der Waals surface area (Å²) in [5.41, 5.74) is 4.16. The molecule has 0 bridgehead atoms. The van der Waals surface area contributed by atoms with Crippen molar-refractivity contribution in [1.82, 2.24) is 0 Å². The maximum Gasteiger partial charge on any atom is 0.246 e. The van der Waals surface area contributed by atoms with Crippen molar-refractivity contribution in [3.63, 3.8) is 0 Å². The number of halogens is 1. The number of aryl methyl sites for hydroxylation is 1. The maximum atomic E-state index is 12.7. The van der Waals surface area contributed by atoms with Gasteiger partial charge in [-0.05, 0) is 56.0 Å². The van der Waals surface area contributed by atoms with Gasteiger partial charge in [0.15, 0.2) is 0 Å². The van der Waals surface area contributed by atoms with E-state index in [1.54, 1.807) is 0 Å². The first-order valence-electron chi connectivity index (χ1n) is 7.98. The van der Waals surface area contributed by atoms with Crippen molar-refractivity contribution in [2.75, 3.05) is 16.8 Å². The standard InChI is InChI=1S/C19H21ClN2O/c1-13-16(20)9-5-10-17(13)21-19(23)14(2)22-12-6-8-15-7-3-4-11-18(15)22/h3-5,7,9-11,14H,6,8,12H2,1-2H3,(H,21,23)/t14-/m0/s1. The van der Waals surface area contributed by atoms with Crippen LogP contribution >= 0.6 is 11.6 Å². The smallest absolute Gasteiger partial charge is 0.246 e. The number of rotatable bonds is 3. The number of carbonyl (C=O) groups excluding carboxylic acids is 1. The van der Waals surface area contributed by atoms with Gasteiger partial charge in [-0.1, -0.05) is 35.9 Å². The van der Waals surface area contributed by atoms with Crippen molar-refractivity contribution in [1.29, 1.82) is 0 Å². The van der Waals surface area contributed by atoms with Gasteiger partial charge in [-0.25, -0.2) is 0 Å². The Morgan fingerprint density at radius 1 is 1.22 bits per heavy atom. The van der Waals surface area contributed by atoms with Crippen molar-refractivity contribution in [3.8, 4) is 0 Å². The van der Waals surface area contributed by atoms with Gasteiger partial charge in [-0.3, -0.25) is 4.79 Å². The number of hydrogen-bond acceptors (Lipinski definition) is 2. The number of para-hydroxylation sites is 1. The Kier molecular flexibility index (Phi) is 4.58. The lowest BCUT2D eigenvalue weighted by atomic mass is 10.00. The highest BCUT2D eigenvalue weighted by Gasteiger charge is 2.26. The number of carbonyl (C=O) groups is 1. The van der Waals surface area contributed by atoms with Crippen LogP contribution in [0.3, 0.4) is 0 Å². The number of anilines is 2. The van der Waals surface area contributed by atoms with E-state index < -0.39 is 0 Å². The third kappa shape index (κ3) is 3.20. The van der Waals surface area contributed by atoms with Crippen LogP contribution in [0, 0.1) is 6.92 Å². The molecule has 0 aromatic heterocycles. The number of nitrogens with one attached hydrogen (secondary N) is 1. The van der Waals surface area contributed by atoms with Crippen molar-refractivity contribution in [3.05, 3.63) is 58.6 Å². The first-order valence-corrected chi connectivity index (χ1v) is 8.36. The normalized spacial score (nSPS) is 15.0. The van der Waals surface area contributed by atoms with E-state index in [0.717, 1.165) is 30.6 Å². The minimum absolute atomic E-state index is 0.00734. The summed E-state index contributed by atoms with van der Waals surface area (Å²) >= 11 is 6.13. The Labute approximate surface area is 142 Å². The van der Waals surface area contributed by atoms with Crippen LogP contribution < -0.4 is 10.2 Å². The lowest BCUT2D eigenvalue weighted by molar-refractivity contribution is -0.117. The summed E-state index contributed by atoms with van der Waals surface area (Å²) in [6.45, 7) is 4.77. The molecule has 1 N–H and O–H groups in total. The zero-order chi connectivity index (χ0) is 16.4. The topological polar surface area (TPSA) is 32.3 Å². The lowest BCUT2D eigenvalue weighted by Gasteiger charge is -2.35. The molecule has 1 atom stereocenters. The lowest BCUT2D eigenvalue weighted by Crippen LogP contribution is -2.44. The zero-order valence-electron chi connectivity index (χ0n) is 13.5. The summed E-state index contributed by atoms with van der Waals surface area (Å²) in [5, 5.41) is 3.68. The number of benzene rings is 2. The van der Waals surface area contributed by atoms with Crippen LogP contribution in [0.15, 0.2) is 42.5 Å². The van der Waals surface area contributed by atoms with Crippen LogP contribution in [0.5, 0.6) is 0 Å². The van der Waals surface area contributed by atoms with E-state index in [-0.39, 0.29) is 11.9 Å². The molecule has 3 rings (SSSR count). The maximum absolute atomic E-state index is 12.7. The van der Waals surface area contributed by atoms with Gasteiger partial charge in [0.2, 0.25) is 5.91 Å². The molecule has 1 amide bonds. The Bertz CT molecular complexity index is 729. The van der Waals surface area contributed by atoms with E-state index >= 15 is 0 Å². The van der Waals surface area contributed by atoms with Gasteiger partial charge < -0.3 is 10.2 Å². The largest absolute Gasteiger partial charge is 0.360 e. The highest BCUT2D eigenvalue weighted by molar-refractivity contribution is 6.31. The Morgan fingerprint density at radius 2 is 2.00 bits per heavy atom. The molecule has 0 saturated heterocycles. The van der Waals surface area contributed by atoms with E-state index in [9.17, 15) is 4.79 Å². The second-order valence-electron chi connectivity index (χ2n) is 6.00. The van der Waals surface area contributed by atoms with Crippen molar-refractivity contribution in [2.45, 2.75) is 32.7 Å². The summed E-state index contributed by atoms with van der Waals surface area (Å²) in [6.07, 6.45) is 2.15. The van der Waals surface area contributed by atoms with Gasteiger partial charge in [0.05, 0.1) is 0 Å². The molecule has 3 nitrogen and oxygen atoms in total. The monoisotopic (exact) mass is 328 g/mol. The summed E-state index contributed by atoms with van der Waals surface area (Å²) in [7, 11) is 0. The van der Waals surface area contributed by atoms with Gasteiger partial charge >= 0.3 is 0 Å². The predicted molar refractivity (Wildman–Crippen MR) is 96.4 cm³/mol. The average Bonchev–Trinajstić information content (AvgIpc) is 2.57. The molecule has 1 heterocycles. The summed E-state index contributed by atoms with van der Waals surface area (Å²) in [6, 6.07) is 13.7. The highest BCUT2D eigenvalue weighted by Crippen LogP contribution is 2.29. The fraction of sp³-hybridized carbons (Fsp3) is 0.316. The molecule has 1 aliphatic heterocycles. The van der Waals surface area contributed by atoms with Gasteiger partial charge in [0, 0.05) is 22.9 Å². The van der Waals surface area contributed by atoms with Crippen LogP contribution in [0.4, 0.5) is 11.4 Å². The molecule has 4 heteroatoms. The number of amides is 1. The summed E-state index contributed by atoms with van der Waals surface area (Å²) in [4.78, 5) is 14.9. The molecule has 0 saturated carbocycles. The van der Waals surface area contributed by atoms with Crippen molar-refractivity contribution in [2.24, 2.45) is 0 Å². The third-order valence-corrected chi connectivity index (χ3v) is 4.93. The summed E-state index contributed by atoms with van der Waals surface area (Å²) in [5.74, 6) is -0.00734. The van der Waals surface area contributed by atoms with Crippen molar-refractivity contribution < 1.29 is 4.79 Å². The number of fused-ring (bicyclic) bond motifs is 1. The van der Waals surface area contributed by atoms with Gasteiger partial charge in [-0.15, -0.1) is 0 Å². The van der Waals surface area contributed by atoms with Gasteiger partial charge in [0.1, 0.15) is 6.04 Å². The van der Waals surface area contributed by atoms with Crippen molar-refractivity contribution >= 4 is 28.9 Å². The fourth-order valence-electron chi connectivity index (χ4n) is 3.09. The summed E-state index contributed by atoms with van der Waals surface area (Å²) < 4.78 is 0. The molecule has 2 aromatic rings. The second-order valence-corrected chi connectivity index (χ2v) is 6.41. The zero-order valence-corrected chi connectivity index (χ0v) is 14.2. The van der Waals surface area contributed by atoms with Crippen LogP contribution in [0.1, 0.15) is 24.5 Å². The molecule has 1 aliphatic rings. The van der Waals surface area contributed by atoms with E-state index in [4.69, 9.17) is 11.6 Å². The molecular formula is C19H21ClN2O. The molecule has 120 valence electrons. The van der Waals surface area contributed by atoms with E-state index in [2.05, 4.69) is 28.4 Å². The van der Waals surface area contributed by atoms with Crippen LogP contribution in [0.2, 0.25) is 5.02 Å². The Balaban J connectivity index is 1.80. The number of hydrogen-bond donors (Lipinski definition) is 1. The Morgan fingerprint density at radius 3 is 2.83 bits per heavy atom. The molecule has 0 fully saturated rings.